The first-order chi connectivity index (χ1) is 7.12. The van der Waals surface area contributed by atoms with E-state index in [2.05, 4.69) is 0 Å². The zero-order valence-electron chi connectivity index (χ0n) is 8.12. The van der Waals surface area contributed by atoms with E-state index < -0.39 is 12.0 Å². The Morgan fingerprint density at radius 2 is 2.00 bits per heavy atom. The van der Waals surface area contributed by atoms with Gasteiger partial charge in [-0.25, -0.2) is 8.78 Å². The molecule has 1 fully saturated rings. The summed E-state index contributed by atoms with van der Waals surface area (Å²) in [6, 6.07) is 7.25. The van der Waals surface area contributed by atoms with Crippen molar-refractivity contribution < 1.29 is 13.9 Å². The number of thioether (sulfide) groups is 1. The van der Waals surface area contributed by atoms with Gasteiger partial charge < -0.3 is 5.11 Å². The van der Waals surface area contributed by atoms with E-state index in [9.17, 15) is 13.9 Å². The van der Waals surface area contributed by atoms with Gasteiger partial charge in [0, 0.05) is 4.90 Å². The number of alkyl halides is 2. The average molecular weight is 230 g/mol. The Kier molecular flexibility index (Phi) is 2.98. The number of rotatable bonds is 4. The Bertz CT molecular complexity index is 350. The lowest BCUT2D eigenvalue weighted by Crippen LogP contribution is -2.06. The number of hydrogen-bond acceptors (Lipinski definition) is 2. The fraction of sp³-hybridized carbons (Fsp3) is 0.455. The molecule has 1 aliphatic carbocycles. The number of aliphatic hydroxyl groups is 1. The van der Waals surface area contributed by atoms with Gasteiger partial charge in [0.05, 0.1) is 11.4 Å². The van der Waals surface area contributed by atoms with Gasteiger partial charge in [0.1, 0.15) is 0 Å². The summed E-state index contributed by atoms with van der Waals surface area (Å²) in [5.41, 5.74) is 0.0572. The molecule has 1 N–H and O–H groups in total. The molecule has 2 rings (SSSR count). The van der Waals surface area contributed by atoms with Crippen molar-refractivity contribution in [2.24, 2.45) is 0 Å². The van der Waals surface area contributed by atoms with Crippen LogP contribution in [0, 0.1) is 0 Å². The van der Waals surface area contributed by atoms with Crippen molar-refractivity contribution >= 4 is 11.8 Å². The zero-order valence-corrected chi connectivity index (χ0v) is 8.94. The van der Waals surface area contributed by atoms with Gasteiger partial charge in [-0.15, -0.1) is 11.8 Å². The van der Waals surface area contributed by atoms with Crippen molar-refractivity contribution in [2.75, 3.05) is 5.75 Å². The summed E-state index contributed by atoms with van der Waals surface area (Å²) in [5, 5.41) is 9.95. The van der Waals surface area contributed by atoms with Gasteiger partial charge in [-0.1, -0.05) is 18.2 Å². The lowest BCUT2D eigenvalue weighted by molar-refractivity contribution is 0.148. The molecule has 0 heterocycles. The van der Waals surface area contributed by atoms with Crippen molar-refractivity contribution in [3.63, 3.8) is 0 Å². The lowest BCUT2D eigenvalue weighted by Gasteiger charge is -2.13. The lowest BCUT2D eigenvalue weighted by atomic mass is 10.1. The standard InChI is InChI=1S/C11H12F2OS/c12-10(13)7-15-9-4-2-1-3-8(9)11(14)5-6-11/h1-4,10,14H,5-7H2. The summed E-state index contributed by atoms with van der Waals surface area (Å²) in [6.45, 7) is 0. The summed E-state index contributed by atoms with van der Waals surface area (Å²) in [4.78, 5) is 0.776. The van der Waals surface area contributed by atoms with Crippen LogP contribution in [0.1, 0.15) is 18.4 Å². The van der Waals surface area contributed by atoms with Crippen LogP contribution in [0.5, 0.6) is 0 Å². The second-order valence-electron chi connectivity index (χ2n) is 3.73. The molecule has 0 saturated heterocycles. The SMILES string of the molecule is OC1(c2ccccc2SCC(F)F)CC1. The van der Waals surface area contributed by atoms with Gasteiger partial charge in [0.15, 0.2) is 0 Å². The minimum absolute atomic E-state index is 0.215. The maximum atomic E-state index is 12.1. The van der Waals surface area contributed by atoms with Crippen molar-refractivity contribution in [3.8, 4) is 0 Å². The van der Waals surface area contributed by atoms with Gasteiger partial charge in [0.25, 0.3) is 0 Å². The predicted molar refractivity (Wildman–Crippen MR) is 56.3 cm³/mol. The average Bonchev–Trinajstić information content (AvgIpc) is 2.95. The second-order valence-corrected chi connectivity index (χ2v) is 4.79. The third-order valence-electron chi connectivity index (χ3n) is 2.48. The summed E-state index contributed by atoms with van der Waals surface area (Å²) in [7, 11) is 0. The van der Waals surface area contributed by atoms with Crippen molar-refractivity contribution in [2.45, 2.75) is 29.8 Å². The summed E-state index contributed by atoms with van der Waals surface area (Å²) in [5.74, 6) is -0.215. The van der Waals surface area contributed by atoms with Gasteiger partial charge >= 0.3 is 0 Å². The molecule has 0 atom stereocenters. The van der Waals surface area contributed by atoms with Gasteiger partial charge in [-0.05, 0) is 24.5 Å². The molecule has 15 heavy (non-hydrogen) atoms. The van der Waals surface area contributed by atoms with Crippen LogP contribution in [-0.4, -0.2) is 17.3 Å². The molecule has 0 radical (unpaired) electrons. The number of benzene rings is 1. The largest absolute Gasteiger partial charge is 0.385 e. The molecule has 1 aromatic rings. The van der Waals surface area contributed by atoms with Gasteiger partial charge in [-0.2, -0.15) is 0 Å². The van der Waals surface area contributed by atoms with Crippen LogP contribution < -0.4 is 0 Å². The van der Waals surface area contributed by atoms with Gasteiger partial charge in [-0.3, -0.25) is 0 Å². The second kappa shape index (κ2) is 4.10. The van der Waals surface area contributed by atoms with E-state index >= 15 is 0 Å². The molecule has 0 aromatic heterocycles. The number of halogens is 2. The summed E-state index contributed by atoms with van der Waals surface area (Å²) < 4.78 is 24.2. The first kappa shape index (κ1) is 10.9. The number of hydrogen-bond donors (Lipinski definition) is 1. The highest BCUT2D eigenvalue weighted by atomic mass is 32.2. The minimum Gasteiger partial charge on any atom is -0.385 e. The topological polar surface area (TPSA) is 20.2 Å². The van der Waals surface area contributed by atoms with E-state index in [0.29, 0.717) is 0 Å². The molecule has 4 heteroatoms. The van der Waals surface area contributed by atoms with E-state index in [-0.39, 0.29) is 5.75 Å². The van der Waals surface area contributed by atoms with Crippen LogP contribution in [0.25, 0.3) is 0 Å². The maximum absolute atomic E-state index is 12.1. The Hall–Kier alpha value is -0.610. The first-order valence-corrected chi connectivity index (χ1v) is 5.83. The van der Waals surface area contributed by atoms with E-state index in [4.69, 9.17) is 0 Å². The molecule has 0 aliphatic heterocycles. The van der Waals surface area contributed by atoms with E-state index in [1.807, 2.05) is 18.2 Å². The van der Waals surface area contributed by atoms with E-state index in [1.54, 1.807) is 6.07 Å². The molecule has 0 unspecified atom stereocenters. The Morgan fingerprint density at radius 3 is 2.60 bits per heavy atom. The van der Waals surface area contributed by atoms with Crippen molar-refractivity contribution in [1.29, 1.82) is 0 Å². The fourth-order valence-electron chi connectivity index (χ4n) is 1.52. The Labute approximate surface area is 91.5 Å². The highest BCUT2D eigenvalue weighted by Crippen LogP contribution is 2.48. The van der Waals surface area contributed by atoms with Crippen LogP contribution in [0.2, 0.25) is 0 Å². The fourth-order valence-corrected chi connectivity index (χ4v) is 2.41. The third-order valence-corrected chi connectivity index (χ3v) is 3.56. The highest BCUT2D eigenvalue weighted by Gasteiger charge is 2.43. The van der Waals surface area contributed by atoms with Crippen LogP contribution in [-0.2, 0) is 5.60 Å². The van der Waals surface area contributed by atoms with E-state index in [0.717, 1.165) is 35.1 Å². The van der Waals surface area contributed by atoms with Crippen LogP contribution in [0.15, 0.2) is 29.2 Å². The van der Waals surface area contributed by atoms with E-state index in [1.165, 1.54) is 0 Å². The van der Waals surface area contributed by atoms with Crippen LogP contribution in [0.3, 0.4) is 0 Å². The van der Waals surface area contributed by atoms with Crippen LogP contribution in [0.4, 0.5) is 8.78 Å². The predicted octanol–water partition coefficient (Wildman–Crippen LogP) is 3.03. The Morgan fingerprint density at radius 1 is 1.33 bits per heavy atom. The molecule has 82 valence electrons. The molecule has 1 aromatic carbocycles. The molecule has 0 bridgehead atoms. The molecule has 1 saturated carbocycles. The molecule has 1 aliphatic rings. The Balaban J connectivity index is 2.15. The smallest absolute Gasteiger partial charge is 0.247 e. The summed E-state index contributed by atoms with van der Waals surface area (Å²) in [6.07, 6.45) is -0.838. The molecule has 0 amide bonds. The minimum atomic E-state index is -2.31. The maximum Gasteiger partial charge on any atom is 0.247 e. The summed E-state index contributed by atoms with van der Waals surface area (Å²) >= 11 is 1.11. The first-order valence-electron chi connectivity index (χ1n) is 4.85. The van der Waals surface area contributed by atoms with Crippen molar-refractivity contribution in [3.05, 3.63) is 29.8 Å². The monoisotopic (exact) mass is 230 g/mol. The molecule has 0 spiro atoms. The normalized spacial score (nSPS) is 18.1. The highest BCUT2D eigenvalue weighted by molar-refractivity contribution is 7.99. The van der Waals surface area contributed by atoms with Gasteiger partial charge in [0.2, 0.25) is 6.43 Å². The van der Waals surface area contributed by atoms with Crippen molar-refractivity contribution in [1.82, 2.24) is 0 Å². The third kappa shape index (κ3) is 2.49. The quantitative estimate of drug-likeness (QED) is 0.802. The molecule has 1 nitrogen and oxygen atoms in total. The molecular weight excluding hydrogens is 218 g/mol. The zero-order chi connectivity index (χ0) is 10.9. The molecular formula is C11H12F2OS. The van der Waals surface area contributed by atoms with Crippen LogP contribution >= 0.6 is 11.8 Å².